The normalized spacial score (nSPS) is 10.6. The summed E-state index contributed by atoms with van der Waals surface area (Å²) in [5.41, 5.74) is -0.279. The van der Waals surface area contributed by atoms with Crippen LogP contribution in [0.4, 0.5) is 0 Å². The molecule has 0 amide bonds. The van der Waals surface area contributed by atoms with Gasteiger partial charge >= 0.3 is 0 Å². The van der Waals surface area contributed by atoms with Gasteiger partial charge in [-0.15, -0.1) is 0 Å². The van der Waals surface area contributed by atoms with Crippen LogP contribution < -0.4 is 5.56 Å². The van der Waals surface area contributed by atoms with Crippen molar-refractivity contribution in [3.05, 3.63) is 76.2 Å². The summed E-state index contributed by atoms with van der Waals surface area (Å²) in [6, 6.07) is 13.2. The van der Waals surface area contributed by atoms with Gasteiger partial charge in [0.2, 0.25) is 11.7 Å². The van der Waals surface area contributed by atoms with E-state index in [2.05, 4.69) is 4.98 Å². The van der Waals surface area contributed by atoms with Crippen molar-refractivity contribution in [2.75, 3.05) is 0 Å². The molecule has 98 valence electrons. The Morgan fingerprint density at radius 1 is 1.05 bits per heavy atom. The fourth-order valence-corrected chi connectivity index (χ4v) is 2.01. The number of fused-ring (bicyclic) bond motifs is 1. The number of carbonyl (C=O) groups excluding carboxylic acids is 1. The zero-order valence-corrected chi connectivity index (χ0v) is 10.4. The molecule has 0 aliphatic carbocycles. The summed E-state index contributed by atoms with van der Waals surface area (Å²) in [7, 11) is 0. The van der Waals surface area contributed by atoms with E-state index in [4.69, 9.17) is 0 Å². The SMILES string of the molecule is O=C(c1ccccc1)c1c(O)nc2ccccn2c1=O. The Bertz CT molecular complexity index is 854. The molecule has 0 bridgehead atoms. The predicted octanol–water partition coefficient (Wildman–Crippen LogP) is 1.63. The summed E-state index contributed by atoms with van der Waals surface area (Å²) in [5.74, 6) is -1.09. The molecule has 0 saturated heterocycles. The first-order valence-electron chi connectivity index (χ1n) is 5.98. The first-order valence-corrected chi connectivity index (χ1v) is 5.98. The lowest BCUT2D eigenvalue weighted by Crippen LogP contribution is -2.23. The molecule has 0 aliphatic rings. The van der Waals surface area contributed by atoms with Crippen molar-refractivity contribution < 1.29 is 9.90 Å². The summed E-state index contributed by atoms with van der Waals surface area (Å²) < 4.78 is 1.23. The Hall–Kier alpha value is -2.95. The zero-order chi connectivity index (χ0) is 14.1. The average molecular weight is 266 g/mol. The van der Waals surface area contributed by atoms with E-state index in [9.17, 15) is 14.7 Å². The van der Waals surface area contributed by atoms with E-state index in [0.717, 1.165) is 0 Å². The number of aromatic hydroxyl groups is 1. The second-order valence-corrected chi connectivity index (χ2v) is 4.24. The number of aromatic nitrogens is 2. The molecule has 5 nitrogen and oxygen atoms in total. The van der Waals surface area contributed by atoms with Gasteiger partial charge in [-0.1, -0.05) is 36.4 Å². The van der Waals surface area contributed by atoms with Crippen molar-refractivity contribution in [2.45, 2.75) is 0 Å². The van der Waals surface area contributed by atoms with Gasteiger partial charge in [-0.25, -0.2) is 0 Å². The van der Waals surface area contributed by atoms with Crippen LogP contribution in [0.15, 0.2) is 59.5 Å². The van der Waals surface area contributed by atoms with Gasteiger partial charge in [0.1, 0.15) is 5.65 Å². The minimum absolute atomic E-state index is 0.291. The van der Waals surface area contributed by atoms with Gasteiger partial charge < -0.3 is 5.11 Å². The third-order valence-electron chi connectivity index (χ3n) is 2.98. The van der Waals surface area contributed by atoms with E-state index in [0.29, 0.717) is 11.2 Å². The highest BCUT2D eigenvalue weighted by Crippen LogP contribution is 2.15. The molecule has 0 spiro atoms. The number of benzene rings is 1. The summed E-state index contributed by atoms with van der Waals surface area (Å²) in [4.78, 5) is 28.5. The maximum atomic E-state index is 12.3. The van der Waals surface area contributed by atoms with Crippen molar-refractivity contribution in [1.82, 2.24) is 9.38 Å². The first-order chi connectivity index (χ1) is 9.68. The van der Waals surface area contributed by atoms with Gasteiger partial charge in [0.15, 0.2) is 5.56 Å². The lowest BCUT2D eigenvalue weighted by Gasteiger charge is -2.05. The number of nitrogens with zero attached hydrogens (tertiary/aromatic N) is 2. The van der Waals surface area contributed by atoms with E-state index < -0.39 is 17.2 Å². The number of hydrogen-bond donors (Lipinski definition) is 1. The van der Waals surface area contributed by atoms with Crippen LogP contribution in [-0.4, -0.2) is 20.3 Å². The quantitative estimate of drug-likeness (QED) is 0.716. The van der Waals surface area contributed by atoms with E-state index >= 15 is 0 Å². The first kappa shape index (κ1) is 12.1. The minimum Gasteiger partial charge on any atom is -0.493 e. The smallest absolute Gasteiger partial charge is 0.273 e. The largest absolute Gasteiger partial charge is 0.493 e. The van der Waals surface area contributed by atoms with Crippen molar-refractivity contribution in [3.63, 3.8) is 0 Å². The van der Waals surface area contributed by atoms with E-state index in [-0.39, 0.29) is 5.56 Å². The third-order valence-corrected chi connectivity index (χ3v) is 2.98. The van der Waals surface area contributed by atoms with Crippen LogP contribution in [0.2, 0.25) is 0 Å². The number of carbonyl (C=O) groups is 1. The van der Waals surface area contributed by atoms with Crippen LogP contribution in [0.5, 0.6) is 5.88 Å². The lowest BCUT2D eigenvalue weighted by molar-refractivity contribution is 0.103. The van der Waals surface area contributed by atoms with Crippen LogP contribution in [0.3, 0.4) is 0 Å². The summed E-state index contributed by atoms with van der Waals surface area (Å²) in [5, 5.41) is 9.88. The van der Waals surface area contributed by atoms with Crippen molar-refractivity contribution in [1.29, 1.82) is 0 Å². The molecule has 1 aromatic carbocycles. The van der Waals surface area contributed by atoms with Crippen molar-refractivity contribution in [3.8, 4) is 5.88 Å². The Balaban J connectivity index is 2.27. The fraction of sp³-hybridized carbons (Fsp3) is 0. The molecule has 0 radical (unpaired) electrons. The molecule has 0 unspecified atom stereocenters. The number of rotatable bonds is 2. The zero-order valence-electron chi connectivity index (χ0n) is 10.4. The Labute approximate surface area is 113 Å². The molecule has 3 rings (SSSR count). The highest BCUT2D eigenvalue weighted by Gasteiger charge is 2.20. The molecule has 2 aromatic heterocycles. The Kier molecular flexibility index (Phi) is 2.80. The highest BCUT2D eigenvalue weighted by atomic mass is 16.3. The monoisotopic (exact) mass is 266 g/mol. The molecule has 0 atom stereocenters. The number of hydrogen-bond acceptors (Lipinski definition) is 4. The Morgan fingerprint density at radius 3 is 2.50 bits per heavy atom. The summed E-state index contributed by atoms with van der Waals surface area (Å²) in [6.45, 7) is 0. The van der Waals surface area contributed by atoms with Gasteiger partial charge in [0, 0.05) is 11.8 Å². The summed E-state index contributed by atoms with van der Waals surface area (Å²) >= 11 is 0. The highest BCUT2D eigenvalue weighted by molar-refractivity contribution is 6.10. The second kappa shape index (κ2) is 4.62. The second-order valence-electron chi connectivity index (χ2n) is 4.24. The van der Waals surface area contributed by atoms with Crippen LogP contribution in [0, 0.1) is 0 Å². The summed E-state index contributed by atoms with van der Waals surface area (Å²) in [6.07, 6.45) is 1.51. The van der Waals surface area contributed by atoms with Crippen LogP contribution in [-0.2, 0) is 0 Å². The van der Waals surface area contributed by atoms with E-state index in [1.807, 2.05) is 0 Å². The van der Waals surface area contributed by atoms with Crippen LogP contribution in [0.25, 0.3) is 5.65 Å². The molecule has 20 heavy (non-hydrogen) atoms. The lowest BCUT2D eigenvalue weighted by atomic mass is 10.1. The molecule has 1 N–H and O–H groups in total. The van der Waals surface area contributed by atoms with Crippen LogP contribution >= 0.6 is 0 Å². The standard InChI is InChI=1S/C15H10N2O3/c18-13(10-6-2-1-3-7-10)12-14(19)16-11-8-4-5-9-17(11)15(12)20/h1-9,19H. The predicted molar refractivity (Wildman–Crippen MR) is 73.0 cm³/mol. The molecule has 0 saturated carbocycles. The van der Waals surface area contributed by atoms with Crippen molar-refractivity contribution >= 4 is 11.4 Å². The molecule has 0 aliphatic heterocycles. The van der Waals surface area contributed by atoms with Crippen LogP contribution in [0.1, 0.15) is 15.9 Å². The fourth-order valence-electron chi connectivity index (χ4n) is 2.01. The maximum absolute atomic E-state index is 12.3. The average Bonchev–Trinajstić information content (AvgIpc) is 2.48. The van der Waals surface area contributed by atoms with Gasteiger partial charge in [-0.05, 0) is 12.1 Å². The van der Waals surface area contributed by atoms with Gasteiger partial charge in [0.05, 0.1) is 0 Å². The molecule has 0 fully saturated rings. The number of ketones is 1. The van der Waals surface area contributed by atoms with E-state index in [1.54, 1.807) is 48.5 Å². The number of pyridine rings is 1. The Morgan fingerprint density at radius 2 is 1.75 bits per heavy atom. The maximum Gasteiger partial charge on any atom is 0.273 e. The van der Waals surface area contributed by atoms with Gasteiger partial charge in [0.25, 0.3) is 5.56 Å². The van der Waals surface area contributed by atoms with Gasteiger partial charge in [-0.2, -0.15) is 4.98 Å². The molecular weight excluding hydrogens is 256 g/mol. The van der Waals surface area contributed by atoms with Crippen molar-refractivity contribution in [2.24, 2.45) is 0 Å². The molecular formula is C15H10N2O3. The molecule has 3 aromatic rings. The molecule has 5 heteroatoms. The topological polar surface area (TPSA) is 71.7 Å². The van der Waals surface area contributed by atoms with Gasteiger partial charge in [-0.3, -0.25) is 14.0 Å². The third kappa shape index (κ3) is 1.85. The minimum atomic E-state index is -0.582. The molecule has 2 heterocycles. The van der Waals surface area contributed by atoms with E-state index in [1.165, 1.54) is 10.6 Å².